The van der Waals surface area contributed by atoms with E-state index in [4.69, 9.17) is 11.6 Å². The third kappa shape index (κ3) is 2.58. The van der Waals surface area contributed by atoms with Gasteiger partial charge in [0.25, 0.3) is 11.6 Å². The van der Waals surface area contributed by atoms with Crippen molar-refractivity contribution in [2.75, 3.05) is 12.4 Å². The quantitative estimate of drug-likeness (QED) is 0.490. The molecule has 2 rings (SSSR count). The molecule has 0 spiro atoms. The molecular weight excluding hydrogens is 294 g/mol. The number of nitrogens with zero attached hydrogens (tertiary/aromatic N) is 2. The molecule has 1 atom stereocenters. The van der Waals surface area contributed by atoms with Gasteiger partial charge in [-0.15, -0.1) is 11.6 Å². The molecular formula is C12H11ClF2N2O3. The second-order valence-corrected chi connectivity index (χ2v) is 4.80. The van der Waals surface area contributed by atoms with Crippen molar-refractivity contribution in [1.82, 2.24) is 4.90 Å². The van der Waals surface area contributed by atoms with Crippen LogP contribution in [0.15, 0.2) is 12.1 Å². The Morgan fingerprint density at radius 3 is 2.70 bits per heavy atom. The molecule has 1 aromatic rings. The Labute approximate surface area is 118 Å². The maximum Gasteiger partial charge on any atom is 0.285 e. The van der Waals surface area contributed by atoms with Crippen LogP contribution < -0.4 is 0 Å². The van der Waals surface area contributed by atoms with Gasteiger partial charge < -0.3 is 4.90 Å². The molecule has 20 heavy (non-hydrogen) atoms. The van der Waals surface area contributed by atoms with E-state index < -0.39 is 33.7 Å². The average molecular weight is 305 g/mol. The molecule has 8 heteroatoms. The summed E-state index contributed by atoms with van der Waals surface area (Å²) >= 11 is 5.73. The van der Waals surface area contributed by atoms with Crippen LogP contribution in [0.2, 0.25) is 0 Å². The number of carbonyl (C=O) groups is 1. The lowest BCUT2D eigenvalue weighted by Crippen LogP contribution is -2.37. The Kier molecular flexibility index (Phi) is 4.17. The lowest BCUT2D eigenvalue weighted by molar-refractivity contribution is -0.385. The van der Waals surface area contributed by atoms with E-state index in [1.807, 2.05) is 0 Å². The van der Waals surface area contributed by atoms with Gasteiger partial charge in [0.15, 0.2) is 11.6 Å². The number of hydrogen-bond acceptors (Lipinski definition) is 3. The van der Waals surface area contributed by atoms with E-state index in [0.717, 1.165) is 6.42 Å². The van der Waals surface area contributed by atoms with E-state index in [9.17, 15) is 23.7 Å². The van der Waals surface area contributed by atoms with Gasteiger partial charge in [0, 0.05) is 18.5 Å². The summed E-state index contributed by atoms with van der Waals surface area (Å²) < 4.78 is 26.3. The summed E-state index contributed by atoms with van der Waals surface area (Å²) in [7, 11) is 0. The van der Waals surface area contributed by atoms with Crippen LogP contribution in [0.5, 0.6) is 0 Å². The highest BCUT2D eigenvalue weighted by atomic mass is 35.5. The van der Waals surface area contributed by atoms with Crippen molar-refractivity contribution >= 4 is 23.2 Å². The number of amides is 1. The van der Waals surface area contributed by atoms with Crippen molar-refractivity contribution < 1.29 is 18.5 Å². The van der Waals surface area contributed by atoms with E-state index >= 15 is 0 Å². The van der Waals surface area contributed by atoms with Crippen molar-refractivity contribution in [3.63, 3.8) is 0 Å². The first-order valence-corrected chi connectivity index (χ1v) is 6.49. The highest BCUT2D eigenvalue weighted by Crippen LogP contribution is 2.27. The van der Waals surface area contributed by atoms with E-state index in [1.54, 1.807) is 0 Å². The number of hydrogen-bond donors (Lipinski definition) is 0. The fourth-order valence-electron chi connectivity index (χ4n) is 2.28. The molecule has 1 heterocycles. The molecule has 0 N–H and O–H groups in total. The fraction of sp³-hybridized carbons (Fsp3) is 0.417. The lowest BCUT2D eigenvalue weighted by atomic mass is 10.1. The first-order chi connectivity index (χ1) is 9.45. The smallest absolute Gasteiger partial charge is 0.285 e. The summed E-state index contributed by atoms with van der Waals surface area (Å²) in [5, 5.41) is 10.9. The van der Waals surface area contributed by atoms with E-state index in [0.29, 0.717) is 25.1 Å². The van der Waals surface area contributed by atoms with E-state index in [-0.39, 0.29) is 11.9 Å². The molecule has 0 bridgehead atoms. The minimum Gasteiger partial charge on any atom is -0.334 e. The maximum atomic E-state index is 13.3. The number of nitro groups is 1. The first-order valence-electron chi connectivity index (χ1n) is 5.96. The number of nitro benzene ring substituents is 1. The van der Waals surface area contributed by atoms with Gasteiger partial charge in [0.2, 0.25) is 0 Å². The Balaban J connectivity index is 2.43. The highest BCUT2D eigenvalue weighted by Gasteiger charge is 2.33. The summed E-state index contributed by atoms with van der Waals surface area (Å²) in [6.07, 6.45) is 1.41. The molecule has 108 valence electrons. The molecule has 1 saturated heterocycles. The Bertz CT molecular complexity index is 568. The van der Waals surface area contributed by atoms with Crippen LogP contribution in [0.1, 0.15) is 23.2 Å². The minimum absolute atomic E-state index is 0.198. The first kappa shape index (κ1) is 14.6. The zero-order chi connectivity index (χ0) is 14.9. The highest BCUT2D eigenvalue weighted by molar-refractivity contribution is 6.18. The van der Waals surface area contributed by atoms with Crippen LogP contribution in [0.25, 0.3) is 0 Å². The number of halogens is 3. The maximum absolute atomic E-state index is 13.3. The molecule has 0 aromatic heterocycles. The normalized spacial score (nSPS) is 18.4. The second kappa shape index (κ2) is 5.70. The number of likely N-dealkylation sites (tertiary alicyclic amines) is 1. The predicted octanol–water partition coefficient (Wildman–Crippen LogP) is 2.72. The van der Waals surface area contributed by atoms with E-state index in [2.05, 4.69) is 0 Å². The molecule has 1 fully saturated rings. The van der Waals surface area contributed by atoms with Crippen molar-refractivity contribution in [2.45, 2.75) is 18.9 Å². The van der Waals surface area contributed by atoms with Crippen LogP contribution in [0.3, 0.4) is 0 Å². The molecule has 5 nitrogen and oxygen atoms in total. The summed E-state index contributed by atoms with van der Waals surface area (Å²) in [5.41, 5.74) is -1.19. The zero-order valence-corrected chi connectivity index (χ0v) is 11.1. The molecule has 1 aliphatic rings. The second-order valence-electron chi connectivity index (χ2n) is 4.49. The van der Waals surface area contributed by atoms with Gasteiger partial charge in [0.1, 0.15) is 5.56 Å². The molecule has 1 amide bonds. The van der Waals surface area contributed by atoms with Crippen molar-refractivity contribution in [3.8, 4) is 0 Å². The molecule has 0 radical (unpaired) electrons. The fourth-order valence-corrected chi connectivity index (χ4v) is 2.60. The van der Waals surface area contributed by atoms with Crippen LogP contribution in [-0.2, 0) is 0 Å². The Morgan fingerprint density at radius 1 is 1.45 bits per heavy atom. The number of benzene rings is 1. The number of carbonyl (C=O) groups excluding carboxylic acids is 1. The topological polar surface area (TPSA) is 63.4 Å². The summed E-state index contributed by atoms with van der Waals surface area (Å²) in [5.74, 6) is -3.15. The largest absolute Gasteiger partial charge is 0.334 e. The van der Waals surface area contributed by atoms with Crippen molar-refractivity contribution in [2.24, 2.45) is 0 Å². The molecule has 0 aliphatic carbocycles. The van der Waals surface area contributed by atoms with Gasteiger partial charge in [-0.2, -0.15) is 0 Å². The number of rotatable bonds is 3. The van der Waals surface area contributed by atoms with Gasteiger partial charge >= 0.3 is 0 Å². The molecule has 1 unspecified atom stereocenters. The van der Waals surface area contributed by atoms with Gasteiger partial charge in [-0.25, -0.2) is 8.78 Å². The molecule has 1 aromatic carbocycles. The Hall–Kier alpha value is -1.76. The average Bonchev–Trinajstić information content (AvgIpc) is 2.88. The lowest BCUT2D eigenvalue weighted by Gasteiger charge is -2.22. The van der Waals surface area contributed by atoms with E-state index in [1.165, 1.54) is 4.90 Å². The van der Waals surface area contributed by atoms with Crippen LogP contribution >= 0.6 is 11.6 Å². The predicted molar refractivity (Wildman–Crippen MR) is 67.8 cm³/mol. The van der Waals surface area contributed by atoms with Gasteiger partial charge in [0.05, 0.1) is 11.0 Å². The Morgan fingerprint density at radius 2 is 2.10 bits per heavy atom. The third-order valence-electron chi connectivity index (χ3n) is 3.28. The number of alkyl halides is 1. The SMILES string of the molecule is O=C(c1cc(F)c(F)cc1[N+](=O)[O-])N1CCCC1CCl. The van der Waals surface area contributed by atoms with Gasteiger partial charge in [-0.3, -0.25) is 14.9 Å². The zero-order valence-electron chi connectivity index (χ0n) is 10.3. The standard InChI is InChI=1S/C12H11ClF2N2O3/c13-6-7-2-1-3-16(7)12(18)8-4-9(14)10(15)5-11(8)17(19)20/h4-5,7H,1-3,6H2. The summed E-state index contributed by atoms with van der Waals surface area (Å²) in [6, 6.07) is 0.755. The third-order valence-corrected chi connectivity index (χ3v) is 3.64. The van der Waals surface area contributed by atoms with Crippen molar-refractivity contribution in [3.05, 3.63) is 39.4 Å². The summed E-state index contributed by atoms with van der Waals surface area (Å²) in [4.78, 5) is 23.6. The van der Waals surface area contributed by atoms with Crippen molar-refractivity contribution in [1.29, 1.82) is 0 Å². The van der Waals surface area contributed by atoms with Gasteiger partial charge in [-0.05, 0) is 18.9 Å². The summed E-state index contributed by atoms with van der Waals surface area (Å²) in [6.45, 7) is 0.395. The van der Waals surface area contributed by atoms with Crippen LogP contribution in [0.4, 0.5) is 14.5 Å². The molecule has 1 aliphatic heterocycles. The van der Waals surface area contributed by atoms with Crippen LogP contribution in [-0.4, -0.2) is 34.2 Å². The minimum atomic E-state index is -1.36. The molecule has 0 saturated carbocycles. The van der Waals surface area contributed by atoms with Gasteiger partial charge in [-0.1, -0.05) is 0 Å². The van der Waals surface area contributed by atoms with Crippen LogP contribution in [0, 0.1) is 21.7 Å². The monoisotopic (exact) mass is 304 g/mol.